The summed E-state index contributed by atoms with van der Waals surface area (Å²) in [7, 11) is 0. The van der Waals surface area contributed by atoms with Crippen LogP contribution in [0, 0.1) is 12.7 Å². The van der Waals surface area contributed by atoms with Crippen molar-refractivity contribution in [3.8, 4) is 0 Å². The second-order valence-electron chi connectivity index (χ2n) is 6.17. The zero-order valence-corrected chi connectivity index (χ0v) is 15.1. The number of amides is 1. The Kier molecular flexibility index (Phi) is 5.35. The number of halogens is 1. The monoisotopic (exact) mass is 398 g/mol. The molecule has 1 amide bonds. The Morgan fingerprint density at radius 3 is 2.31 bits per heavy atom. The molecule has 0 saturated carbocycles. The number of benzene rings is 2. The smallest absolute Gasteiger partial charge is 0.335 e. The van der Waals surface area contributed by atoms with E-state index >= 15 is 0 Å². The molecule has 0 spiro atoms. The van der Waals surface area contributed by atoms with Crippen LogP contribution in [0.2, 0.25) is 0 Å². The third-order valence-electron chi connectivity index (χ3n) is 4.10. The van der Waals surface area contributed by atoms with Gasteiger partial charge in [0.1, 0.15) is 5.82 Å². The highest BCUT2D eigenvalue weighted by Crippen LogP contribution is 2.17. The molecule has 0 aliphatic rings. The lowest BCUT2D eigenvalue weighted by atomic mass is 10.1. The van der Waals surface area contributed by atoms with E-state index in [1.807, 2.05) is 0 Å². The van der Waals surface area contributed by atoms with Gasteiger partial charge in [-0.3, -0.25) is 4.79 Å². The maximum atomic E-state index is 13.3. The van der Waals surface area contributed by atoms with Gasteiger partial charge in [0.05, 0.1) is 23.4 Å². The van der Waals surface area contributed by atoms with Crippen molar-refractivity contribution in [1.29, 1.82) is 0 Å². The van der Waals surface area contributed by atoms with Crippen molar-refractivity contribution in [2.24, 2.45) is 0 Å². The van der Waals surface area contributed by atoms with Gasteiger partial charge in [-0.15, -0.1) is 5.10 Å². The fourth-order valence-corrected chi connectivity index (χ4v) is 2.67. The van der Waals surface area contributed by atoms with E-state index in [2.05, 4.69) is 15.6 Å². The zero-order valence-electron chi connectivity index (χ0n) is 15.1. The minimum atomic E-state index is -1.33. The van der Waals surface area contributed by atoms with Crippen LogP contribution in [0.25, 0.3) is 0 Å². The van der Waals surface area contributed by atoms with E-state index in [0.717, 1.165) is 18.2 Å². The highest BCUT2D eigenvalue weighted by atomic mass is 19.1. The number of aromatic carboxylic acids is 2. The molecule has 148 valence electrons. The number of carbonyl (C=O) groups excluding carboxylic acids is 1. The summed E-state index contributed by atoms with van der Waals surface area (Å²) in [5.41, 5.74) is 0.425. The van der Waals surface area contributed by atoms with E-state index in [9.17, 15) is 18.8 Å². The Balaban J connectivity index is 1.84. The highest BCUT2D eigenvalue weighted by molar-refractivity contribution is 6.05. The molecule has 0 fully saturated rings. The maximum Gasteiger partial charge on any atom is 0.335 e. The summed E-state index contributed by atoms with van der Waals surface area (Å²) in [5, 5.41) is 28.4. The first-order valence-electron chi connectivity index (χ1n) is 8.32. The van der Waals surface area contributed by atoms with Gasteiger partial charge in [0, 0.05) is 5.69 Å². The van der Waals surface area contributed by atoms with E-state index in [0.29, 0.717) is 11.3 Å². The molecule has 3 rings (SSSR count). The molecule has 0 saturated heterocycles. The van der Waals surface area contributed by atoms with E-state index < -0.39 is 23.7 Å². The predicted octanol–water partition coefficient (Wildman–Crippen LogP) is 2.42. The summed E-state index contributed by atoms with van der Waals surface area (Å²) in [6, 6.07) is 9.17. The largest absolute Gasteiger partial charge is 0.478 e. The Morgan fingerprint density at radius 1 is 1.07 bits per heavy atom. The zero-order chi connectivity index (χ0) is 21.1. The predicted molar refractivity (Wildman–Crippen MR) is 98.6 cm³/mol. The first-order valence-corrected chi connectivity index (χ1v) is 8.32. The fourth-order valence-electron chi connectivity index (χ4n) is 2.67. The van der Waals surface area contributed by atoms with Crippen molar-refractivity contribution in [2.45, 2.75) is 13.5 Å². The number of carboxylic acid groups (broad SMARTS) is 2. The Hall–Kier alpha value is -4.08. The summed E-state index contributed by atoms with van der Waals surface area (Å²) < 4.78 is 14.7. The number of aromatic nitrogens is 3. The lowest BCUT2D eigenvalue weighted by molar-refractivity contribution is 0.0696. The van der Waals surface area contributed by atoms with Gasteiger partial charge in [0.15, 0.2) is 5.69 Å². The molecule has 1 aromatic heterocycles. The van der Waals surface area contributed by atoms with Gasteiger partial charge < -0.3 is 15.5 Å². The topological polar surface area (TPSA) is 134 Å². The molecular weight excluding hydrogens is 383 g/mol. The van der Waals surface area contributed by atoms with Gasteiger partial charge in [-0.25, -0.2) is 18.7 Å². The molecule has 3 N–H and O–H groups in total. The summed E-state index contributed by atoms with van der Waals surface area (Å²) in [5.74, 6) is -3.75. The van der Waals surface area contributed by atoms with Crippen molar-refractivity contribution in [1.82, 2.24) is 15.0 Å². The molecule has 0 radical (unpaired) electrons. The quantitative estimate of drug-likeness (QED) is 0.580. The first kappa shape index (κ1) is 19.7. The second kappa shape index (κ2) is 7.89. The second-order valence-corrected chi connectivity index (χ2v) is 6.17. The number of nitrogens with one attached hydrogen (secondary N) is 1. The van der Waals surface area contributed by atoms with Crippen molar-refractivity contribution < 1.29 is 29.0 Å². The summed E-state index contributed by atoms with van der Waals surface area (Å²) in [4.78, 5) is 34.9. The average Bonchev–Trinajstić information content (AvgIpc) is 3.02. The first-order chi connectivity index (χ1) is 13.7. The fraction of sp³-hybridized carbons (Fsp3) is 0.105. The van der Waals surface area contributed by atoms with Gasteiger partial charge in [-0.2, -0.15) is 0 Å². The van der Waals surface area contributed by atoms with Crippen LogP contribution >= 0.6 is 0 Å². The lowest BCUT2D eigenvalue weighted by Crippen LogP contribution is -2.15. The molecule has 0 aliphatic heterocycles. The van der Waals surface area contributed by atoms with Crippen LogP contribution in [0.1, 0.15) is 42.5 Å². The van der Waals surface area contributed by atoms with Crippen LogP contribution in [-0.2, 0) is 6.54 Å². The van der Waals surface area contributed by atoms with Gasteiger partial charge in [-0.1, -0.05) is 17.3 Å². The molecule has 1 heterocycles. The van der Waals surface area contributed by atoms with E-state index in [-0.39, 0.29) is 29.1 Å². The number of carbonyl (C=O) groups is 3. The van der Waals surface area contributed by atoms with Crippen LogP contribution in [0.5, 0.6) is 0 Å². The van der Waals surface area contributed by atoms with Gasteiger partial charge >= 0.3 is 11.9 Å². The van der Waals surface area contributed by atoms with Crippen molar-refractivity contribution >= 4 is 23.5 Å². The summed E-state index contributed by atoms with van der Waals surface area (Å²) >= 11 is 0. The van der Waals surface area contributed by atoms with Crippen LogP contribution < -0.4 is 5.32 Å². The van der Waals surface area contributed by atoms with Crippen LogP contribution in [-0.4, -0.2) is 43.1 Å². The number of carboxylic acids is 2. The van der Waals surface area contributed by atoms with Crippen molar-refractivity contribution in [2.75, 3.05) is 5.32 Å². The number of rotatable bonds is 6. The molecule has 3 aromatic rings. The normalized spacial score (nSPS) is 10.6. The number of hydrogen-bond donors (Lipinski definition) is 3. The van der Waals surface area contributed by atoms with Gasteiger partial charge in [0.2, 0.25) is 0 Å². The Bertz CT molecular complexity index is 1090. The van der Waals surface area contributed by atoms with E-state index in [4.69, 9.17) is 10.2 Å². The van der Waals surface area contributed by atoms with Gasteiger partial charge in [0.25, 0.3) is 5.91 Å². The SMILES string of the molecule is Cc1c(C(=O)Nc2cc(C(=O)O)cc(C(=O)O)c2)nnn1Cc1cccc(F)c1. The third kappa shape index (κ3) is 4.43. The number of anilines is 1. The lowest BCUT2D eigenvalue weighted by Gasteiger charge is -2.07. The Labute approximate surface area is 163 Å². The van der Waals surface area contributed by atoms with Crippen LogP contribution in [0.3, 0.4) is 0 Å². The molecule has 9 nitrogen and oxygen atoms in total. The molecule has 0 bridgehead atoms. The molecule has 0 aliphatic carbocycles. The van der Waals surface area contributed by atoms with Gasteiger partial charge in [-0.05, 0) is 42.8 Å². The van der Waals surface area contributed by atoms with Crippen LogP contribution in [0.4, 0.5) is 10.1 Å². The molecule has 10 heteroatoms. The molecular formula is C19H15FN4O5. The minimum absolute atomic E-state index is 0.00798. The Morgan fingerprint density at radius 2 is 1.72 bits per heavy atom. The highest BCUT2D eigenvalue weighted by Gasteiger charge is 2.19. The standard InChI is InChI=1S/C19H15FN4O5/c1-10-16(22-23-24(10)9-11-3-2-4-14(20)5-11)17(25)21-15-7-12(18(26)27)6-13(8-15)19(28)29/h2-8H,9H2,1H3,(H,21,25)(H,26,27)(H,28,29). The molecule has 0 unspecified atom stereocenters. The number of nitrogens with zero attached hydrogens (tertiary/aromatic N) is 3. The summed E-state index contributed by atoms with van der Waals surface area (Å²) in [6.07, 6.45) is 0. The average molecular weight is 398 g/mol. The third-order valence-corrected chi connectivity index (χ3v) is 4.10. The maximum absolute atomic E-state index is 13.3. The van der Waals surface area contributed by atoms with E-state index in [1.165, 1.54) is 16.8 Å². The van der Waals surface area contributed by atoms with E-state index in [1.54, 1.807) is 19.1 Å². The summed E-state index contributed by atoms with van der Waals surface area (Å²) in [6.45, 7) is 1.80. The minimum Gasteiger partial charge on any atom is -0.478 e. The van der Waals surface area contributed by atoms with Crippen molar-refractivity contribution in [3.63, 3.8) is 0 Å². The molecule has 2 aromatic carbocycles. The van der Waals surface area contributed by atoms with Crippen molar-refractivity contribution in [3.05, 3.63) is 76.4 Å². The number of hydrogen-bond acceptors (Lipinski definition) is 5. The van der Waals surface area contributed by atoms with Crippen LogP contribution in [0.15, 0.2) is 42.5 Å². The molecule has 0 atom stereocenters. The molecule has 29 heavy (non-hydrogen) atoms.